The molecule has 1 atom stereocenters. The molecule has 7 nitrogen and oxygen atoms in total. The third-order valence-corrected chi connectivity index (χ3v) is 2.20. The number of rotatable bonds is 2. The van der Waals surface area contributed by atoms with Crippen molar-refractivity contribution in [1.82, 2.24) is 15.6 Å². The number of aromatic nitrogens is 1. The third kappa shape index (κ3) is 2.08. The van der Waals surface area contributed by atoms with Crippen molar-refractivity contribution in [2.24, 2.45) is 0 Å². The molecule has 16 heavy (non-hydrogen) atoms. The van der Waals surface area contributed by atoms with E-state index < -0.39 is 17.9 Å². The molecule has 7 heteroatoms. The first kappa shape index (κ1) is 10.3. The molecule has 2 heterocycles. The maximum atomic E-state index is 11.5. The lowest BCUT2D eigenvalue weighted by Crippen LogP contribution is -2.52. The van der Waals surface area contributed by atoms with Crippen LogP contribution in [0, 0.1) is 0 Å². The number of hydrogen-bond acceptors (Lipinski definition) is 5. The van der Waals surface area contributed by atoms with E-state index in [1.54, 1.807) is 0 Å². The molecule has 0 aliphatic carbocycles. The maximum Gasteiger partial charge on any atom is 0.289 e. The van der Waals surface area contributed by atoms with Gasteiger partial charge in [0.1, 0.15) is 6.04 Å². The van der Waals surface area contributed by atoms with Gasteiger partial charge in [-0.25, -0.2) is 4.98 Å². The second-order valence-corrected chi connectivity index (χ2v) is 3.34. The van der Waals surface area contributed by atoms with Crippen LogP contribution in [-0.2, 0) is 9.59 Å². The Morgan fingerprint density at radius 3 is 3.00 bits per heavy atom. The van der Waals surface area contributed by atoms with E-state index in [4.69, 9.17) is 4.42 Å². The Balaban J connectivity index is 1.97. The Hall–Kier alpha value is -2.18. The van der Waals surface area contributed by atoms with E-state index >= 15 is 0 Å². The van der Waals surface area contributed by atoms with E-state index in [1.807, 2.05) is 0 Å². The number of imide groups is 1. The molecular weight excluding hydrogens is 214 g/mol. The Labute approximate surface area is 90.2 Å². The average Bonchev–Trinajstić information content (AvgIpc) is 2.75. The fraction of sp³-hybridized carbons (Fsp3) is 0.333. The van der Waals surface area contributed by atoms with Crippen LogP contribution in [0.3, 0.4) is 0 Å². The van der Waals surface area contributed by atoms with Gasteiger partial charge in [-0.1, -0.05) is 0 Å². The number of oxazole rings is 1. The van der Waals surface area contributed by atoms with Crippen molar-refractivity contribution in [3.8, 4) is 0 Å². The van der Waals surface area contributed by atoms with Crippen LogP contribution in [-0.4, -0.2) is 28.7 Å². The van der Waals surface area contributed by atoms with Crippen molar-refractivity contribution in [2.75, 3.05) is 0 Å². The van der Waals surface area contributed by atoms with Crippen LogP contribution >= 0.6 is 0 Å². The minimum absolute atomic E-state index is 0.0321. The van der Waals surface area contributed by atoms with Crippen molar-refractivity contribution in [2.45, 2.75) is 18.9 Å². The number of carbonyl (C=O) groups is 3. The van der Waals surface area contributed by atoms with Crippen molar-refractivity contribution in [1.29, 1.82) is 0 Å². The zero-order chi connectivity index (χ0) is 11.5. The van der Waals surface area contributed by atoms with Crippen LogP contribution in [0.2, 0.25) is 0 Å². The topological polar surface area (TPSA) is 101 Å². The monoisotopic (exact) mass is 223 g/mol. The largest absolute Gasteiger partial charge is 0.438 e. The van der Waals surface area contributed by atoms with Crippen LogP contribution in [0.4, 0.5) is 0 Å². The molecule has 1 aromatic heterocycles. The molecule has 0 spiro atoms. The molecule has 0 bridgehead atoms. The second kappa shape index (κ2) is 4.13. The molecule has 84 valence electrons. The first-order valence-corrected chi connectivity index (χ1v) is 4.70. The lowest BCUT2D eigenvalue weighted by Gasteiger charge is -2.21. The van der Waals surface area contributed by atoms with Gasteiger partial charge in [0.2, 0.25) is 17.6 Å². The minimum Gasteiger partial charge on any atom is -0.438 e. The molecule has 0 radical (unpaired) electrons. The predicted molar refractivity (Wildman–Crippen MR) is 50.1 cm³/mol. The van der Waals surface area contributed by atoms with Crippen molar-refractivity contribution in [3.63, 3.8) is 0 Å². The van der Waals surface area contributed by atoms with Gasteiger partial charge < -0.3 is 9.73 Å². The average molecular weight is 223 g/mol. The summed E-state index contributed by atoms with van der Waals surface area (Å²) in [6.45, 7) is 0. The number of nitrogens with zero attached hydrogens (tertiary/aromatic N) is 1. The Morgan fingerprint density at radius 2 is 2.38 bits per heavy atom. The normalized spacial score (nSPS) is 20.4. The molecule has 1 unspecified atom stereocenters. The molecule has 1 aliphatic rings. The van der Waals surface area contributed by atoms with Crippen LogP contribution in [0.1, 0.15) is 23.4 Å². The van der Waals surface area contributed by atoms with Gasteiger partial charge in [0.05, 0.1) is 6.20 Å². The molecule has 1 saturated heterocycles. The van der Waals surface area contributed by atoms with Gasteiger partial charge in [0.25, 0.3) is 5.91 Å². The van der Waals surface area contributed by atoms with Gasteiger partial charge >= 0.3 is 0 Å². The molecule has 2 rings (SSSR count). The molecule has 1 fully saturated rings. The summed E-state index contributed by atoms with van der Waals surface area (Å²) in [6.07, 6.45) is 2.89. The molecule has 2 N–H and O–H groups in total. The smallest absolute Gasteiger partial charge is 0.289 e. The van der Waals surface area contributed by atoms with Crippen LogP contribution in [0.25, 0.3) is 0 Å². The summed E-state index contributed by atoms with van der Waals surface area (Å²) in [6, 6.07) is -0.699. The fourth-order valence-electron chi connectivity index (χ4n) is 1.39. The van der Waals surface area contributed by atoms with Gasteiger partial charge in [0, 0.05) is 6.42 Å². The van der Waals surface area contributed by atoms with E-state index in [0.717, 1.165) is 6.39 Å². The van der Waals surface area contributed by atoms with Crippen molar-refractivity contribution >= 4 is 17.7 Å². The van der Waals surface area contributed by atoms with Gasteiger partial charge in [-0.2, -0.15) is 0 Å². The molecule has 0 aromatic carbocycles. The summed E-state index contributed by atoms with van der Waals surface area (Å²) in [7, 11) is 0. The van der Waals surface area contributed by atoms with Gasteiger partial charge in [-0.3, -0.25) is 19.7 Å². The minimum atomic E-state index is -0.699. The summed E-state index contributed by atoms with van der Waals surface area (Å²) in [5, 5.41) is 4.60. The standard InChI is InChI=1S/C9H9N3O4/c13-7-2-1-5(8(14)12-7)11-9(15)6-3-10-4-16-6/h3-5H,1-2H2,(H,11,15)(H,12,13,14). The summed E-state index contributed by atoms with van der Waals surface area (Å²) >= 11 is 0. The molecule has 1 aliphatic heterocycles. The van der Waals surface area contributed by atoms with Crippen LogP contribution in [0.15, 0.2) is 17.0 Å². The third-order valence-electron chi connectivity index (χ3n) is 2.20. The molecule has 1 aromatic rings. The van der Waals surface area contributed by atoms with E-state index in [9.17, 15) is 14.4 Å². The zero-order valence-electron chi connectivity index (χ0n) is 8.23. The van der Waals surface area contributed by atoms with Crippen LogP contribution in [0.5, 0.6) is 0 Å². The van der Waals surface area contributed by atoms with E-state index in [2.05, 4.69) is 15.6 Å². The summed E-state index contributed by atoms with van der Waals surface area (Å²) in [5.74, 6) is -1.31. The zero-order valence-corrected chi connectivity index (χ0v) is 8.23. The lowest BCUT2D eigenvalue weighted by atomic mass is 10.1. The van der Waals surface area contributed by atoms with Gasteiger partial charge in [-0.05, 0) is 6.42 Å². The number of piperidine rings is 1. The first-order valence-electron chi connectivity index (χ1n) is 4.70. The lowest BCUT2D eigenvalue weighted by molar-refractivity contribution is -0.134. The van der Waals surface area contributed by atoms with Crippen molar-refractivity contribution in [3.05, 3.63) is 18.4 Å². The molecular formula is C9H9N3O4. The highest BCUT2D eigenvalue weighted by Gasteiger charge is 2.28. The quantitative estimate of drug-likeness (QED) is 0.640. The van der Waals surface area contributed by atoms with E-state index in [1.165, 1.54) is 6.20 Å². The Kier molecular flexibility index (Phi) is 2.67. The fourth-order valence-corrected chi connectivity index (χ4v) is 1.39. The van der Waals surface area contributed by atoms with E-state index in [0.29, 0.717) is 6.42 Å². The number of hydrogen-bond donors (Lipinski definition) is 2. The highest BCUT2D eigenvalue weighted by molar-refractivity contribution is 6.03. The number of nitrogens with one attached hydrogen (secondary N) is 2. The number of carbonyl (C=O) groups excluding carboxylic acids is 3. The summed E-state index contributed by atoms with van der Waals surface area (Å²) in [4.78, 5) is 37.3. The maximum absolute atomic E-state index is 11.5. The van der Waals surface area contributed by atoms with Crippen LogP contribution < -0.4 is 10.6 Å². The summed E-state index contributed by atoms with van der Waals surface area (Å²) in [5.41, 5.74) is 0. The van der Waals surface area contributed by atoms with Gasteiger partial charge in [0.15, 0.2) is 6.39 Å². The Bertz CT molecular complexity index is 426. The first-order chi connectivity index (χ1) is 7.66. The highest BCUT2D eigenvalue weighted by atomic mass is 16.3. The highest BCUT2D eigenvalue weighted by Crippen LogP contribution is 2.06. The summed E-state index contributed by atoms with van der Waals surface area (Å²) < 4.78 is 4.77. The van der Waals surface area contributed by atoms with Crippen molar-refractivity contribution < 1.29 is 18.8 Å². The number of amides is 3. The SMILES string of the molecule is O=C1CCC(NC(=O)c2cnco2)C(=O)N1. The molecule has 3 amide bonds. The second-order valence-electron chi connectivity index (χ2n) is 3.34. The molecule has 0 saturated carbocycles. The predicted octanol–water partition coefficient (Wildman–Crippen LogP) is -0.790. The van der Waals surface area contributed by atoms with E-state index in [-0.39, 0.29) is 18.1 Å². The van der Waals surface area contributed by atoms with Gasteiger partial charge in [-0.15, -0.1) is 0 Å². The Morgan fingerprint density at radius 1 is 1.56 bits per heavy atom.